The van der Waals surface area contributed by atoms with Crippen molar-refractivity contribution in [1.82, 2.24) is 10.2 Å². The van der Waals surface area contributed by atoms with Crippen LogP contribution in [0.2, 0.25) is 0 Å². The summed E-state index contributed by atoms with van der Waals surface area (Å²) in [6.45, 7) is 0.0275. The first-order valence-corrected chi connectivity index (χ1v) is 14.5. The summed E-state index contributed by atoms with van der Waals surface area (Å²) >= 11 is 1.16. The molecular formula is C32H28FN3O7S. The number of carbonyl (C=O) groups is 3. The Bertz CT molecular complexity index is 1670. The van der Waals surface area contributed by atoms with E-state index < -0.39 is 52.4 Å². The number of likely N-dealkylation sites (tertiary alicyclic amines) is 1. The number of nitro benzene ring substituents is 1. The number of benzene rings is 3. The standard InChI is InChI=1S/C32H28FN3O7S/c1-42-24-15-12-21(17-23(24)36(40)41)28-27(32(39)43-2)26(20-7-4-3-5-8-20)29(35(28)31(38)25-9-6-16-44-25)30(37)34-18-19-10-13-22(33)14-11-19/h3-17,26-29H,18H2,1-2H3,(H,34,37). The normalized spacial score (nSPS) is 19.3. The van der Waals surface area contributed by atoms with E-state index in [0.717, 1.165) is 11.3 Å². The zero-order valence-electron chi connectivity index (χ0n) is 23.7. The quantitative estimate of drug-likeness (QED) is 0.154. The topological polar surface area (TPSA) is 128 Å². The van der Waals surface area contributed by atoms with Gasteiger partial charge in [0.25, 0.3) is 5.91 Å². The minimum Gasteiger partial charge on any atom is -0.490 e. The Morgan fingerprint density at radius 1 is 0.977 bits per heavy atom. The number of esters is 1. The Morgan fingerprint density at radius 3 is 2.32 bits per heavy atom. The summed E-state index contributed by atoms with van der Waals surface area (Å²) in [4.78, 5) is 55.2. The van der Waals surface area contributed by atoms with E-state index >= 15 is 0 Å². The maximum absolute atomic E-state index is 14.3. The number of methoxy groups -OCH3 is 2. The Morgan fingerprint density at radius 2 is 1.70 bits per heavy atom. The van der Waals surface area contributed by atoms with Gasteiger partial charge in [-0.05, 0) is 46.3 Å². The molecule has 12 heteroatoms. The molecule has 0 saturated carbocycles. The number of halogens is 1. The molecular weight excluding hydrogens is 589 g/mol. The number of thiophene rings is 1. The highest BCUT2D eigenvalue weighted by Gasteiger charge is 2.58. The van der Waals surface area contributed by atoms with Crippen LogP contribution in [0.4, 0.5) is 10.1 Å². The van der Waals surface area contributed by atoms with Crippen molar-refractivity contribution in [2.24, 2.45) is 5.92 Å². The SMILES string of the molecule is COC(=O)C1C(c2ccccc2)C(C(=O)NCc2ccc(F)cc2)N(C(=O)c2cccs2)C1c1ccc(OC)c([N+](=O)[O-])c1. The number of hydrogen-bond donors (Lipinski definition) is 1. The minimum absolute atomic E-state index is 0.00398. The van der Waals surface area contributed by atoms with Crippen molar-refractivity contribution in [2.45, 2.75) is 24.5 Å². The molecule has 2 amide bonds. The van der Waals surface area contributed by atoms with E-state index in [1.807, 2.05) is 0 Å². The summed E-state index contributed by atoms with van der Waals surface area (Å²) < 4.78 is 23.9. The third-order valence-corrected chi connectivity index (χ3v) is 8.54. The lowest BCUT2D eigenvalue weighted by molar-refractivity contribution is -0.385. The summed E-state index contributed by atoms with van der Waals surface area (Å²) in [6.07, 6.45) is 0. The lowest BCUT2D eigenvalue weighted by Crippen LogP contribution is -2.48. The molecule has 1 aromatic heterocycles. The first-order valence-electron chi connectivity index (χ1n) is 13.6. The molecule has 44 heavy (non-hydrogen) atoms. The number of carbonyl (C=O) groups excluding carboxylic acids is 3. The molecule has 4 unspecified atom stereocenters. The molecule has 0 spiro atoms. The Kier molecular flexibility index (Phi) is 9.00. The molecule has 1 aliphatic rings. The van der Waals surface area contributed by atoms with Gasteiger partial charge in [0, 0.05) is 18.5 Å². The van der Waals surface area contributed by atoms with Crippen LogP contribution in [0.25, 0.3) is 0 Å². The molecule has 10 nitrogen and oxygen atoms in total. The van der Waals surface area contributed by atoms with Crippen molar-refractivity contribution in [3.05, 3.63) is 128 Å². The second-order valence-corrected chi connectivity index (χ2v) is 11.0. The van der Waals surface area contributed by atoms with Crippen LogP contribution in [0, 0.1) is 21.8 Å². The molecule has 0 bridgehead atoms. The van der Waals surface area contributed by atoms with Gasteiger partial charge in [0.2, 0.25) is 5.91 Å². The second-order valence-electron chi connectivity index (χ2n) is 10.1. The van der Waals surface area contributed by atoms with E-state index in [9.17, 15) is 28.9 Å². The molecule has 2 heterocycles. The Balaban J connectivity index is 1.70. The molecule has 5 rings (SSSR count). The van der Waals surface area contributed by atoms with Crippen LogP contribution in [-0.4, -0.2) is 47.9 Å². The van der Waals surface area contributed by atoms with E-state index in [1.54, 1.807) is 53.9 Å². The molecule has 1 saturated heterocycles. The second kappa shape index (κ2) is 13.0. The van der Waals surface area contributed by atoms with Crippen molar-refractivity contribution in [2.75, 3.05) is 14.2 Å². The van der Waals surface area contributed by atoms with Gasteiger partial charge in [-0.3, -0.25) is 24.5 Å². The third-order valence-electron chi connectivity index (χ3n) is 7.68. The fraction of sp³-hybridized carbons (Fsp3) is 0.219. The maximum atomic E-state index is 14.3. The zero-order chi connectivity index (χ0) is 31.4. The molecule has 0 radical (unpaired) electrons. The molecule has 1 N–H and O–H groups in total. The fourth-order valence-electron chi connectivity index (χ4n) is 5.76. The van der Waals surface area contributed by atoms with E-state index in [-0.39, 0.29) is 23.5 Å². The molecule has 3 aromatic carbocycles. The van der Waals surface area contributed by atoms with Crippen molar-refractivity contribution in [3.63, 3.8) is 0 Å². The van der Waals surface area contributed by atoms with Gasteiger partial charge in [0.05, 0.1) is 36.0 Å². The van der Waals surface area contributed by atoms with Crippen LogP contribution in [0.5, 0.6) is 5.75 Å². The smallest absolute Gasteiger partial charge is 0.311 e. The van der Waals surface area contributed by atoms with Gasteiger partial charge in [-0.15, -0.1) is 11.3 Å². The van der Waals surface area contributed by atoms with Gasteiger partial charge in [0.1, 0.15) is 11.9 Å². The summed E-state index contributed by atoms with van der Waals surface area (Å²) in [5.74, 6) is -4.24. The largest absolute Gasteiger partial charge is 0.490 e. The highest BCUT2D eigenvalue weighted by molar-refractivity contribution is 7.12. The van der Waals surface area contributed by atoms with Gasteiger partial charge >= 0.3 is 11.7 Å². The number of nitrogens with zero attached hydrogens (tertiary/aromatic N) is 2. The van der Waals surface area contributed by atoms with Crippen LogP contribution in [-0.2, 0) is 20.9 Å². The monoisotopic (exact) mass is 617 g/mol. The van der Waals surface area contributed by atoms with Gasteiger partial charge in [-0.25, -0.2) is 4.39 Å². The van der Waals surface area contributed by atoms with Crippen LogP contribution in [0.3, 0.4) is 0 Å². The van der Waals surface area contributed by atoms with Gasteiger partial charge in [-0.1, -0.05) is 54.6 Å². The van der Waals surface area contributed by atoms with Gasteiger partial charge in [0.15, 0.2) is 5.75 Å². The van der Waals surface area contributed by atoms with Crippen molar-refractivity contribution >= 4 is 34.8 Å². The van der Waals surface area contributed by atoms with Crippen LogP contribution in [0.15, 0.2) is 90.3 Å². The summed E-state index contributed by atoms with van der Waals surface area (Å²) in [6, 6.07) is 19.6. The van der Waals surface area contributed by atoms with Gasteiger partial charge < -0.3 is 19.7 Å². The highest BCUT2D eigenvalue weighted by Crippen LogP contribution is 2.52. The number of ether oxygens (including phenoxy) is 2. The summed E-state index contributed by atoms with van der Waals surface area (Å²) in [5.41, 5.74) is 1.11. The van der Waals surface area contributed by atoms with Crippen LogP contribution < -0.4 is 10.1 Å². The predicted molar refractivity (Wildman–Crippen MR) is 160 cm³/mol. The van der Waals surface area contributed by atoms with Gasteiger partial charge in [-0.2, -0.15) is 0 Å². The molecule has 4 atom stereocenters. The van der Waals surface area contributed by atoms with Crippen LogP contribution >= 0.6 is 11.3 Å². The Labute approximate surface area is 256 Å². The average molecular weight is 618 g/mol. The van der Waals surface area contributed by atoms with Crippen molar-refractivity contribution < 1.29 is 33.2 Å². The predicted octanol–water partition coefficient (Wildman–Crippen LogP) is 5.26. The number of amides is 2. The number of rotatable bonds is 9. The number of hydrogen-bond acceptors (Lipinski definition) is 8. The first kappa shape index (κ1) is 30.4. The van der Waals surface area contributed by atoms with E-state index in [4.69, 9.17) is 9.47 Å². The fourth-order valence-corrected chi connectivity index (χ4v) is 6.42. The molecule has 1 aliphatic heterocycles. The maximum Gasteiger partial charge on any atom is 0.311 e. The molecule has 4 aromatic rings. The minimum atomic E-state index is -1.23. The number of nitrogens with one attached hydrogen (secondary N) is 1. The van der Waals surface area contributed by atoms with Crippen molar-refractivity contribution in [3.8, 4) is 5.75 Å². The van der Waals surface area contributed by atoms with E-state index in [1.165, 1.54) is 55.5 Å². The van der Waals surface area contributed by atoms with E-state index in [2.05, 4.69) is 5.32 Å². The molecule has 0 aliphatic carbocycles. The van der Waals surface area contributed by atoms with Crippen LogP contribution in [0.1, 0.15) is 38.3 Å². The highest BCUT2D eigenvalue weighted by atomic mass is 32.1. The molecule has 226 valence electrons. The summed E-state index contributed by atoms with van der Waals surface area (Å²) in [7, 11) is 2.51. The molecule has 1 fully saturated rings. The lowest BCUT2D eigenvalue weighted by Gasteiger charge is -2.31. The lowest BCUT2D eigenvalue weighted by atomic mass is 9.79. The average Bonchev–Trinajstić information content (AvgIpc) is 3.71. The summed E-state index contributed by atoms with van der Waals surface area (Å²) in [5, 5.41) is 16.6. The van der Waals surface area contributed by atoms with E-state index in [0.29, 0.717) is 16.0 Å². The zero-order valence-corrected chi connectivity index (χ0v) is 24.5. The Hall–Kier alpha value is -5.10. The third kappa shape index (κ3) is 5.88. The first-order chi connectivity index (χ1) is 21.2. The van der Waals surface area contributed by atoms with Crippen molar-refractivity contribution in [1.29, 1.82) is 0 Å². The number of nitro groups is 1.